The summed E-state index contributed by atoms with van der Waals surface area (Å²) in [7, 11) is -2.07. The Labute approximate surface area is 52.7 Å². The van der Waals surface area contributed by atoms with Crippen LogP contribution in [0.5, 0.6) is 0 Å². The number of hydrogen-bond acceptors (Lipinski definition) is 4. The second-order valence-electron chi connectivity index (χ2n) is 1.05. The summed E-state index contributed by atoms with van der Waals surface area (Å²) in [5, 5.41) is 15.8. The average Bonchev–Trinajstić information content (AvgIpc) is 1.65. The SMILES string of the molecule is C=CC(F)OB(O)O.N. The summed E-state index contributed by atoms with van der Waals surface area (Å²) in [5.41, 5.74) is 0. The van der Waals surface area contributed by atoms with Gasteiger partial charge in [0, 0.05) is 0 Å². The molecule has 0 aliphatic heterocycles. The molecular formula is C3H9BFNO3. The van der Waals surface area contributed by atoms with Gasteiger partial charge in [0.15, 0.2) is 0 Å². The standard InChI is InChI=1S/C3H6BFO3.H3N/c1-2-3(5)8-4(6)7;/h2-3,6-7H,1H2;1H3. The van der Waals surface area contributed by atoms with E-state index in [9.17, 15) is 4.39 Å². The fourth-order valence-corrected chi connectivity index (χ4v) is 0.172. The summed E-state index contributed by atoms with van der Waals surface area (Å²) in [6.45, 7) is 2.99. The lowest BCUT2D eigenvalue weighted by atomic mass is 10.3. The Balaban J connectivity index is 0. The average molecular weight is 137 g/mol. The first-order chi connectivity index (χ1) is 3.66. The van der Waals surface area contributed by atoms with E-state index in [0.29, 0.717) is 0 Å². The van der Waals surface area contributed by atoms with Gasteiger partial charge in [0.05, 0.1) is 0 Å². The normalized spacial score (nSPS) is 11.4. The van der Waals surface area contributed by atoms with Crippen molar-refractivity contribution in [1.82, 2.24) is 6.15 Å². The number of halogens is 1. The van der Waals surface area contributed by atoms with E-state index in [1.807, 2.05) is 0 Å². The van der Waals surface area contributed by atoms with E-state index in [0.717, 1.165) is 6.08 Å². The highest BCUT2D eigenvalue weighted by molar-refractivity contribution is 6.32. The van der Waals surface area contributed by atoms with E-state index in [4.69, 9.17) is 10.0 Å². The maximum Gasteiger partial charge on any atom is 0.636 e. The van der Waals surface area contributed by atoms with Crippen molar-refractivity contribution in [3.05, 3.63) is 12.7 Å². The second kappa shape index (κ2) is 5.71. The molecule has 0 saturated heterocycles. The summed E-state index contributed by atoms with van der Waals surface area (Å²) >= 11 is 0. The summed E-state index contributed by atoms with van der Waals surface area (Å²) in [6, 6.07) is 0. The van der Waals surface area contributed by atoms with Crippen LogP contribution in [-0.4, -0.2) is 23.7 Å². The van der Waals surface area contributed by atoms with Gasteiger partial charge in [-0.1, -0.05) is 6.58 Å². The third-order valence-electron chi connectivity index (χ3n) is 0.437. The van der Waals surface area contributed by atoms with Gasteiger partial charge in [-0.3, -0.25) is 0 Å². The monoisotopic (exact) mass is 137 g/mol. The first kappa shape index (κ1) is 11.4. The van der Waals surface area contributed by atoms with Crippen molar-refractivity contribution >= 4 is 7.32 Å². The lowest BCUT2D eigenvalue weighted by Crippen LogP contribution is -2.21. The van der Waals surface area contributed by atoms with Gasteiger partial charge < -0.3 is 20.9 Å². The molecule has 9 heavy (non-hydrogen) atoms. The number of hydrogen-bond donors (Lipinski definition) is 3. The van der Waals surface area contributed by atoms with Gasteiger partial charge in [0.1, 0.15) is 0 Å². The fourth-order valence-electron chi connectivity index (χ4n) is 0.172. The molecule has 0 rings (SSSR count). The van der Waals surface area contributed by atoms with Crippen LogP contribution in [0.15, 0.2) is 12.7 Å². The van der Waals surface area contributed by atoms with E-state index in [2.05, 4.69) is 11.2 Å². The van der Waals surface area contributed by atoms with Gasteiger partial charge >= 0.3 is 7.32 Å². The van der Waals surface area contributed by atoms with E-state index in [1.165, 1.54) is 0 Å². The van der Waals surface area contributed by atoms with Gasteiger partial charge in [0.2, 0.25) is 6.36 Å². The Morgan fingerprint density at radius 1 is 1.67 bits per heavy atom. The molecule has 0 fully saturated rings. The maximum absolute atomic E-state index is 11.7. The topological polar surface area (TPSA) is 84.7 Å². The van der Waals surface area contributed by atoms with Gasteiger partial charge in [-0.05, 0) is 6.08 Å². The Morgan fingerprint density at radius 2 is 2.11 bits per heavy atom. The van der Waals surface area contributed by atoms with Crippen molar-refractivity contribution in [2.45, 2.75) is 6.36 Å². The van der Waals surface area contributed by atoms with E-state index in [-0.39, 0.29) is 6.15 Å². The van der Waals surface area contributed by atoms with Crippen molar-refractivity contribution in [3.63, 3.8) is 0 Å². The molecule has 0 aromatic rings. The molecule has 0 aromatic carbocycles. The van der Waals surface area contributed by atoms with Gasteiger partial charge in [-0.15, -0.1) is 0 Å². The van der Waals surface area contributed by atoms with Crippen LogP contribution in [0.2, 0.25) is 0 Å². The molecular weight excluding hydrogens is 128 g/mol. The van der Waals surface area contributed by atoms with Gasteiger partial charge in [-0.2, -0.15) is 0 Å². The lowest BCUT2D eigenvalue weighted by molar-refractivity contribution is 0.0588. The molecule has 5 N–H and O–H groups in total. The first-order valence-electron chi connectivity index (χ1n) is 1.95. The molecule has 0 radical (unpaired) electrons. The molecule has 6 heteroatoms. The third kappa shape index (κ3) is 7.57. The predicted molar refractivity (Wildman–Crippen MR) is 31.4 cm³/mol. The number of rotatable bonds is 3. The zero-order chi connectivity index (χ0) is 6.57. The van der Waals surface area contributed by atoms with Crippen molar-refractivity contribution in [3.8, 4) is 0 Å². The van der Waals surface area contributed by atoms with Crippen LogP contribution < -0.4 is 6.15 Å². The van der Waals surface area contributed by atoms with Crippen LogP contribution in [0.3, 0.4) is 0 Å². The Kier molecular flexibility index (Phi) is 7.22. The molecule has 4 nitrogen and oxygen atoms in total. The van der Waals surface area contributed by atoms with Crippen molar-refractivity contribution in [1.29, 1.82) is 0 Å². The highest BCUT2D eigenvalue weighted by atomic mass is 19.1. The van der Waals surface area contributed by atoms with Crippen LogP contribution >= 0.6 is 0 Å². The van der Waals surface area contributed by atoms with E-state index >= 15 is 0 Å². The smallest absolute Gasteiger partial charge is 0.402 e. The first-order valence-corrected chi connectivity index (χ1v) is 1.95. The van der Waals surface area contributed by atoms with Crippen LogP contribution in [0.25, 0.3) is 0 Å². The molecule has 0 heterocycles. The van der Waals surface area contributed by atoms with Crippen LogP contribution in [-0.2, 0) is 4.65 Å². The Bertz CT molecular complexity index is 81.5. The Hall–Kier alpha value is -0.425. The molecule has 0 saturated carbocycles. The molecule has 54 valence electrons. The summed E-state index contributed by atoms with van der Waals surface area (Å²) in [6.07, 6.45) is -1.01. The summed E-state index contributed by atoms with van der Waals surface area (Å²) < 4.78 is 15.4. The van der Waals surface area contributed by atoms with Gasteiger partial charge in [0.25, 0.3) is 0 Å². The minimum absolute atomic E-state index is 0. The minimum atomic E-state index is -2.07. The fraction of sp³-hybridized carbons (Fsp3) is 0.333. The molecule has 0 aromatic heterocycles. The minimum Gasteiger partial charge on any atom is -0.402 e. The molecule has 0 bridgehead atoms. The van der Waals surface area contributed by atoms with Crippen molar-refractivity contribution in [2.75, 3.05) is 0 Å². The van der Waals surface area contributed by atoms with E-state index in [1.54, 1.807) is 0 Å². The summed E-state index contributed by atoms with van der Waals surface area (Å²) in [4.78, 5) is 0. The molecule has 0 aliphatic rings. The lowest BCUT2D eigenvalue weighted by Gasteiger charge is -2.00. The van der Waals surface area contributed by atoms with Gasteiger partial charge in [-0.25, -0.2) is 4.39 Å². The molecule has 1 unspecified atom stereocenters. The summed E-state index contributed by atoms with van der Waals surface area (Å²) in [5.74, 6) is 0. The van der Waals surface area contributed by atoms with Crippen LogP contribution in [0.4, 0.5) is 4.39 Å². The second-order valence-corrected chi connectivity index (χ2v) is 1.05. The Morgan fingerprint density at radius 3 is 2.22 bits per heavy atom. The van der Waals surface area contributed by atoms with E-state index < -0.39 is 13.7 Å². The van der Waals surface area contributed by atoms with Crippen LogP contribution in [0.1, 0.15) is 0 Å². The zero-order valence-electron chi connectivity index (χ0n) is 4.83. The predicted octanol–water partition coefficient (Wildman–Crippen LogP) is -0.384. The number of alkyl halides is 1. The maximum atomic E-state index is 11.7. The third-order valence-corrected chi connectivity index (χ3v) is 0.437. The molecule has 1 atom stereocenters. The zero-order valence-corrected chi connectivity index (χ0v) is 4.83. The molecule has 0 aliphatic carbocycles. The highest BCUT2D eigenvalue weighted by Gasteiger charge is 2.13. The molecule has 0 amide bonds. The largest absolute Gasteiger partial charge is 0.636 e. The van der Waals surface area contributed by atoms with Crippen LogP contribution in [0, 0.1) is 0 Å². The molecule has 0 spiro atoms. The van der Waals surface area contributed by atoms with Crippen molar-refractivity contribution < 1.29 is 19.1 Å². The van der Waals surface area contributed by atoms with Crippen molar-refractivity contribution in [2.24, 2.45) is 0 Å². The quantitative estimate of drug-likeness (QED) is 0.365. The highest BCUT2D eigenvalue weighted by Crippen LogP contribution is 1.92.